The Hall–Kier alpha value is -2.49. The fourth-order valence-corrected chi connectivity index (χ4v) is 3.08. The second-order valence-electron chi connectivity index (χ2n) is 5.56. The summed E-state index contributed by atoms with van der Waals surface area (Å²) >= 11 is 5.97. The van der Waals surface area contributed by atoms with Crippen molar-refractivity contribution in [1.29, 1.82) is 0 Å². The Balaban J connectivity index is 2.06. The molecule has 0 aliphatic rings. The van der Waals surface area contributed by atoms with Crippen LogP contribution in [0.3, 0.4) is 0 Å². The smallest absolute Gasteiger partial charge is 0.338 e. The first kappa shape index (κ1) is 20.8. The third-order valence-corrected chi connectivity index (χ3v) is 5.53. The van der Waals surface area contributed by atoms with Crippen molar-refractivity contribution >= 4 is 39.2 Å². The van der Waals surface area contributed by atoms with Gasteiger partial charge in [0.05, 0.1) is 21.2 Å². The Bertz CT molecular complexity index is 979. The third-order valence-electron chi connectivity index (χ3n) is 3.39. The molecule has 0 aliphatic carbocycles. The fourth-order valence-electron chi connectivity index (χ4n) is 1.99. The minimum absolute atomic E-state index is 0.0418. The zero-order valence-corrected chi connectivity index (χ0v) is 16.0. The SMILES string of the molecule is CN(C)S(=O)(=O)c1ccc(Cl)c(NC(=O)COC(=O)c2cccc(F)c2)c1. The Labute approximate surface area is 160 Å². The van der Waals surface area contributed by atoms with E-state index >= 15 is 0 Å². The summed E-state index contributed by atoms with van der Waals surface area (Å²) in [7, 11) is -0.977. The van der Waals surface area contributed by atoms with Gasteiger partial charge in [-0.25, -0.2) is 21.9 Å². The Morgan fingerprint density at radius 3 is 2.52 bits per heavy atom. The zero-order valence-electron chi connectivity index (χ0n) is 14.4. The van der Waals surface area contributed by atoms with Crippen molar-refractivity contribution < 1.29 is 27.1 Å². The highest BCUT2D eigenvalue weighted by atomic mass is 35.5. The van der Waals surface area contributed by atoms with Gasteiger partial charge in [0.2, 0.25) is 10.0 Å². The van der Waals surface area contributed by atoms with Gasteiger partial charge in [-0.3, -0.25) is 4.79 Å². The van der Waals surface area contributed by atoms with Crippen LogP contribution in [0.4, 0.5) is 10.1 Å². The first-order chi connectivity index (χ1) is 12.6. The summed E-state index contributed by atoms with van der Waals surface area (Å²) in [6, 6.07) is 8.65. The van der Waals surface area contributed by atoms with Gasteiger partial charge in [-0.05, 0) is 36.4 Å². The van der Waals surface area contributed by atoms with Gasteiger partial charge < -0.3 is 10.1 Å². The predicted octanol–water partition coefficient (Wildman–Crippen LogP) is 2.52. The number of carbonyl (C=O) groups excluding carboxylic acids is 2. The van der Waals surface area contributed by atoms with E-state index in [1.165, 1.54) is 50.5 Å². The predicted molar refractivity (Wildman–Crippen MR) is 97.6 cm³/mol. The van der Waals surface area contributed by atoms with Crippen LogP contribution in [0.5, 0.6) is 0 Å². The lowest BCUT2D eigenvalue weighted by Gasteiger charge is -2.14. The molecule has 0 saturated heterocycles. The topological polar surface area (TPSA) is 92.8 Å². The number of esters is 1. The van der Waals surface area contributed by atoms with Gasteiger partial charge in [0.15, 0.2) is 6.61 Å². The van der Waals surface area contributed by atoms with Crippen LogP contribution in [0.25, 0.3) is 0 Å². The molecule has 7 nitrogen and oxygen atoms in total. The van der Waals surface area contributed by atoms with Gasteiger partial charge in [-0.2, -0.15) is 0 Å². The largest absolute Gasteiger partial charge is 0.452 e. The molecule has 0 radical (unpaired) electrons. The van der Waals surface area contributed by atoms with Crippen LogP contribution in [0.1, 0.15) is 10.4 Å². The Morgan fingerprint density at radius 2 is 1.89 bits per heavy atom. The molecular formula is C17H16ClFN2O5S. The number of hydrogen-bond acceptors (Lipinski definition) is 5. The lowest BCUT2D eigenvalue weighted by molar-refractivity contribution is -0.119. The first-order valence-electron chi connectivity index (χ1n) is 7.56. The quantitative estimate of drug-likeness (QED) is 0.733. The molecular weight excluding hydrogens is 399 g/mol. The third kappa shape index (κ3) is 5.25. The van der Waals surface area contributed by atoms with Crippen LogP contribution < -0.4 is 5.32 Å². The Kier molecular flexibility index (Phi) is 6.53. The average molecular weight is 415 g/mol. The van der Waals surface area contributed by atoms with Crippen LogP contribution >= 0.6 is 11.6 Å². The summed E-state index contributed by atoms with van der Waals surface area (Å²) in [5, 5.41) is 2.48. The second-order valence-corrected chi connectivity index (χ2v) is 8.12. The summed E-state index contributed by atoms with van der Waals surface area (Å²) in [6.07, 6.45) is 0. The summed E-state index contributed by atoms with van der Waals surface area (Å²) in [5.74, 6) is -2.22. The lowest BCUT2D eigenvalue weighted by Crippen LogP contribution is -2.23. The minimum atomic E-state index is -3.72. The number of benzene rings is 2. The Morgan fingerprint density at radius 1 is 1.19 bits per heavy atom. The molecule has 1 N–H and O–H groups in total. The van der Waals surface area contributed by atoms with Gasteiger partial charge in [0.1, 0.15) is 5.82 Å². The highest BCUT2D eigenvalue weighted by molar-refractivity contribution is 7.89. The molecule has 2 rings (SSSR count). The van der Waals surface area contributed by atoms with Gasteiger partial charge in [0, 0.05) is 14.1 Å². The molecule has 10 heteroatoms. The highest BCUT2D eigenvalue weighted by Gasteiger charge is 2.19. The molecule has 0 bridgehead atoms. The number of amides is 1. The highest BCUT2D eigenvalue weighted by Crippen LogP contribution is 2.26. The molecule has 0 spiro atoms. The summed E-state index contributed by atoms with van der Waals surface area (Å²) in [5.41, 5.74) is 0.00584. The van der Waals surface area contributed by atoms with E-state index in [-0.39, 0.29) is 21.2 Å². The van der Waals surface area contributed by atoms with Gasteiger partial charge in [-0.1, -0.05) is 17.7 Å². The van der Waals surface area contributed by atoms with Gasteiger partial charge >= 0.3 is 5.97 Å². The van der Waals surface area contributed by atoms with Crippen molar-refractivity contribution in [3.8, 4) is 0 Å². The van der Waals surface area contributed by atoms with Crippen LogP contribution in [-0.2, 0) is 19.6 Å². The maximum atomic E-state index is 13.1. The van der Waals surface area contributed by atoms with E-state index < -0.39 is 34.3 Å². The van der Waals surface area contributed by atoms with E-state index in [2.05, 4.69) is 5.32 Å². The molecule has 144 valence electrons. The molecule has 0 unspecified atom stereocenters. The molecule has 2 aromatic rings. The van der Waals surface area contributed by atoms with Gasteiger partial charge in [-0.15, -0.1) is 0 Å². The molecule has 0 heterocycles. The van der Waals surface area contributed by atoms with Crippen LogP contribution in [0.15, 0.2) is 47.4 Å². The van der Waals surface area contributed by atoms with Crippen molar-refractivity contribution in [3.05, 3.63) is 58.9 Å². The van der Waals surface area contributed by atoms with Crippen molar-refractivity contribution in [3.63, 3.8) is 0 Å². The number of ether oxygens (including phenoxy) is 1. The second kappa shape index (κ2) is 8.47. The van der Waals surface area contributed by atoms with Crippen molar-refractivity contribution in [1.82, 2.24) is 4.31 Å². The number of hydrogen-bond donors (Lipinski definition) is 1. The maximum Gasteiger partial charge on any atom is 0.338 e. The molecule has 0 aromatic heterocycles. The van der Waals surface area contributed by atoms with Crippen LogP contribution in [0, 0.1) is 5.82 Å². The summed E-state index contributed by atoms with van der Waals surface area (Å²) in [4.78, 5) is 23.7. The summed E-state index contributed by atoms with van der Waals surface area (Å²) in [6.45, 7) is -0.656. The number of sulfonamides is 1. The number of halogens is 2. The van der Waals surface area contributed by atoms with E-state index in [1.54, 1.807) is 0 Å². The lowest BCUT2D eigenvalue weighted by atomic mass is 10.2. The molecule has 1 amide bonds. The van der Waals surface area contributed by atoms with Crippen molar-refractivity contribution in [2.24, 2.45) is 0 Å². The summed E-state index contributed by atoms with van der Waals surface area (Å²) < 4.78 is 43.2. The van der Waals surface area contributed by atoms with Crippen LogP contribution in [0.2, 0.25) is 5.02 Å². The molecule has 0 aliphatic heterocycles. The molecule has 2 aromatic carbocycles. The number of nitrogens with one attached hydrogen (secondary N) is 1. The van der Waals surface area contributed by atoms with Crippen molar-refractivity contribution in [2.45, 2.75) is 4.90 Å². The average Bonchev–Trinajstić information content (AvgIpc) is 2.61. The molecule has 0 fully saturated rings. The number of rotatable bonds is 6. The number of nitrogens with zero attached hydrogens (tertiary/aromatic N) is 1. The first-order valence-corrected chi connectivity index (χ1v) is 9.37. The molecule has 0 atom stereocenters. The van der Waals surface area contributed by atoms with E-state index in [1.807, 2.05) is 0 Å². The minimum Gasteiger partial charge on any atom is -0.452 e. The standard InChI is InChI=1S/C17H16ClFN2O5S/c1-21(2)27(24,25)13-6-7-14(18)15(9-13)20-16(22)10-26-17(23)11-4-3-5-12(19)8-11/h3-9H,10H2,1-2H3,(H,20,22). The van der Waals surface area contributed by atoms with E-state index in [4.69, 9.17) is 16.3 Å². The molecule has 0 saturated carbocycles. The normalized spacial score (nSPS) is 11.3. The van der Waals surface area contributed by atoms with Gasteiger partial charge in [0.25, 0.3) is 5.91 Å². The van der Waals surface area contributed by atoms with E-state index in [0.29, 0.717) is 0 Å². The number of carbonyl (C=O) groups is 2. The molecule has 27 heavy (non-hydrogen) atoms. The maximum absolute atomic E-state index is 13.1. The van der Waals surface area contributed by atoms with Crippen LogP contribution in [-0.4, -0.2) is 45.3 Å². The zero-order chi connectivity index (χ0) is 20.2. The number of anilines is 1. The monoisotopic (exact) mass is 414 g/mol. The van der Waals surface area contributed by atoms with Crippen molar-refractivity contribution in [2.75, 3.05) is 26.0 Å². The van der Waals surface area contributed by atoms with E-state index in [0.717, 1.165) is 10.4 Å². The van der Waals surface area contributed by atoms with E-state index in [9.17, 15) is 22.4 Å². The fraction of sp³-hybridized carbons (Fsp3) is 0.176.